The molecule has 0 radical (unpaired) electrons. The lowest BCUT2D eigenvalue weighted by atomic mass is 9.69. The van der Waals surface area contributed by atoms with E-state index in [9.17, 15) is 4.79 Å². The Kier molecular flexibility index (Phi) is 7.61. The lowest BCUT2D eigenvalue weighted by Gasteiger charge is -2.44. The van der Waals surface area contributed by atoms with Crippen molar-refractivity contribution in [3.63, 3.8) is 0 Å². The van der Waals surface area contributed by atoms with Gasteiger partial charge >= 0.3 is 0 Å². The van der Waals surface area contributed by atoms with Crippen LogP contribution in [0, 0.1) is 22.7 Å². The topological polar surface area (TPSA) is 38.3 Å². The van der Waals surface area contributed by atoms with Crippen LogP contribution in [0.3, 0.4) is 0 Å². The van der Waals surface area contributed by atoms with Crippen molar-refractivity contribution in [1.29, 1.82) is 0 Å². The molecule has 0 saturated heterocycles. The second kappa shape index (κ2) is 7.81. The van der Waals surface area contributed by atoms with E-state index in [0.717, 1.165) is 12.8 Å². The predicted molar refractivity (Wildman–Crippen MR) is 94.9 cm³/mol. The minimum atomic E-state index is -0.389. The molecule has 0 aromatic carbocycles. The SMILES string of the molecule is CNC(=O)C(C)(C)CCOC(C)(C)C(C)(C)CC(C)C(C)C. The fourth-order valence-electron chi connectivity index (χ4n) is 2.50. The molecular weight excluding hydrogens is 274 g/mol. The highest BCUT2D eigenvalue weighted by Gasteiger charge is 2.39. The number of nitrogens with one attached hydrogen (secondary N) is 1. The van der Waals surface area contributed by atoms with Gasteiger partial charge < -0.3 is 10.1 Å². The van der Waals surface area contributed by atoms with Crippen LogP contribution in [0.5, 0.6) is 0 Å². The maximum atomic E-state index is 11.8. The van der Waals surface area contributed by atoms with Gasteiger partial charge in [0.25, 0.3) is 0 Å². The van der Waals surface area contributed by atoms with Crippen molar-refractivity contribution in [2.24, 2.45) is 22.7 Å². The Morgan fingerprint density at radius 1 is 1.05 bits per heavy atom. The van der Waals surface area contributed by atoms with Crippen molar-refractivity contribution < 1.29 is 9.53 Å². The molecule has 0 aliphatic rings. The lowest BCUT2D eigenvalue weighted by Crippen LogP contribution is -2.44. The monoisotopic (exact) mass is 313 g/mol. The predicted octanol–water partition coefficient (Wildman–Crippen LogP) is 4.65. The van der Waals surface area contributed by atoms with Crippen LogP contribution in [0.1, 0.15) is 75.2 Å². The molecule has 0 aliphatic heterocycles. The molecule has 0 spiro atoms. The molecule has 0 aromatic rings. The van der Waals surface area contributed by atoms with Crippen LogP contribution in [0.15, 0.2) is 0 Å². The summed E-state index contributed by atoms with van der Waals surface area (Å²) in [6.45, 7) is 20.3. The van der Waals surface area contributed by atoms with Gasteiger partial charge in [-0.2, -0.15) is 0 Å². The number of hydrogen-bond donors (Lipinski definition) is 1. The average molecular weight is 314 g/mol. The highest BCUT2D eigenvalue weighted by molar-refractivity contribution is 5.81. The van der Waals surface area contributed by atoms with E-state index in [4.69, 9.17) is 4.74 Å². The van der Waals surface area contributed by atoms with Gasteiger partial charge in [0.2, 0.25) is 5.91 Å². The van der Waals surface area contributed by atoms with Crippen LogP contribution < -0.4 is 5.32 Å². The van der Waals surface area contributed by atoms with Gasteiger partial charge in [0.15, 0.2) is 0 Å². The van der Waals surface area contributed by atoms with Crippen LogP contribution in [0.4, 0.5) is 0 Å². The number of hydrogen-bond acceptors (Lipinski definition) is 2. The first-order valence-electron chi connectivity index (χ1n) is 8.63. The Bertz CT molecular complexity index is 356. The fourth-order valence-corrected chi connectivity index (χ4v) is 2.50. The minimum absolute atomic E-state index is 0.0709. The molecule has 22 heavy (non-hydrogen) atoms. The molecule has 0 fully saturated rings. The number of carbonyl (C=O) groups is 1. The third-order valence-corrected chi connectivity index (χ3v) is 5.63. The van der Waals surface area contributed by atoms with Gasteiger partial charge in [-0.15, -0.1) is 0 Å². The summed E-state index contributed by atoms with van der Waals surface area (Å²) in [5.74, 6) is 1.42. The number of ether oxygens (including phenoxy) is 1. The van der Waals surface area contributed by atoms with E-state index < -0.39 is 0 Å². The molecule has 0 heterocycles. The number of amides is 1. The van der Waals surface area contributed by atoms with E-state index >= 15 is 0 Å². The molecular formula is C19H39NO2. The van der Waals surface area contributed by atoms with Gasteiger partial charge in [-0.25, -0.2) is 0 Å². The average Bonchev–Trinajstić information content (AvgIpc) is 2.36. The van der Waals surface area contributed by atoms with Gasteiger partial charge in [0, 0.05) is 19.1 Å². The third-order valence-electron chi connectivity index (χ3n) is 5.63. The van der Waals surface area contributed by atoms with Gasteiger partial charge in [-0.1, -0.05) is 48.5 Å². The lowest BCUT2D eigenvalue weighted by molar-refractivity contribution is -0.135. The first-order valence-corrected chi connectivity index (χ1v) is 8.63. The standard InChI is InChI=1S/C19H39NO2/c1-14(2)15(3)13-18(6,7)19(8,9)22-12-11-17(4,5)16(21)20-10/h14-15H,11-13H2,1-10H3,(H,20,21). The second-order valence-corrected chi connectivity index (χ2v) is 8.88. The highest BCUT2D eigenvalue weighted by Crippen LogP contribution is 2.41. The zero-order valence-corrected chi connectivity index (χ0v) is 16.6. The molecule has 1 amide bonds. The molecule has 0 rings (SSSR count). The van der Waals surface area contributed by atoms with Crippen LogP contribution in [0.2, 0.25) is 0 Å². The van der Waals surface area contributed by atoms with Crippen LogP contribution in [0.25, 0.3) is 0 Å². The van der Waals surface area contributed by atoms with Crippen LogP contribution in [-0.2, 0) is 9.53 Å². The third kappa shape index (κ3) is 5.91. The molecule has 132 valence electrons. The summed E-state index contributed by atoms with van der Waals surface area (Å²) in [5, 5.41) is 2.73. The molecule has 1 N–H and O–H groups in total. The second-order valence-electron chi connectivity index (χ2n) is 8.88. The highest BCUT2D eigenvalue weighted by atomic mass is 16.5. The smallest absolute Gasteiger partial charge is 0.225 e. The van der Waals surface area contributed by atoms with Crippen LogP contribution >= 0.6 is 0 Å². The van der Waals surface area contributed by atoms with Crippen molar-refractivity contribution in [2.45, 2.75) is 80.8 Å². The zero-order chi connectivity index (χ0) is 17.8. The van der Waals surface area contributed by atoms with Crippen molar-refractivity contribution in [2.75, 3.05) is 13.7 Å². The first kappa shape index (κ1) is 21.4. The van der Waals surface area contributed by atoms with Gasteiger partial charge in [0.1, 0.15) is 0 Å². The summed E-state index contributed by atoms with van der Waals surface area (Å²) in [4.78, 5) is 11.8. The van der Waals surface area contributed by atoms with E-state index in [2.05, 4.69) is 53.8 Å². The van der Waals surface area contributed by atoms with E-state index in [1.807, 2.05) is 13.8 Å². The Morgan fingerprint density at radius 3 is 1.95 bits per heavy atom. The summed E-state index contributed by atoms with van der Waals surface area (Å²) in [5.41, 5.74) is -0.511. The van der Waals surface area contributed by atoms with Crippen LogP contribution in [-0.4, -0.2) is 25.2 Å². The molecule has 3 nitrogen and oxygen atoms in total. The van der Waals surface area contributed by atoms with Gasteiger partial charge in [0.05, 0.1) is 5.60 Å². The zero-order valence-electron chi connectivity index (χ0n) is 16.6. The number of rotatable bonds is 9. The Hall–Kier alpha value is -0.570. The summed E-state index contributed by atoms with van der Waals surface area (Å²) in [7, 11) is 1.69. The normalized spacial score (nSPS) is 15.0. The minimum Gasteiger partial charge on any atom is -0.375 e. The molecule has 0 saturated carbocycles. The maximum Gasteiger partial charge on any atom is 0.225 e. The number of carbonyl (C=O) groups excluding carboxylic acids is 1. The fraction of sp³-hybridized carbons (Fsp3) is 0.947. The molecule has 1 unspecified atom stereocenters. The summed E-state index contributed by atoms with van der Waals surface area (Å²) >= 11 is 0. The summed E-state index contributed by atoms with van der Waals surface area (Å²) in [6, 6.07) is 0. The van der Waals surface area contributed by atoms with E-state index in [-0.39, 0.29) is 22.3 Å². The van der Waals surface area contributed by atoms with E-state index in [1.165, 1.54) is 0 Å². The Labute approximate surface area is 138 Å². The quantitative estimate of drug-likeness (QED) is 0.672. The van der Waals surface area contributed by atoms with Crippen molar-refractivity contribution in [3.8, 4) is 0 Å². The molecule has 3 heteroatoms. The Balaban J connectivity index is 4.66. The summed E-state index contributed by atoms with van der Waals surface area (Å²) in [6.07, 6.45) is 1.86. The van der Waals surface area contributed by atoms with Crippen molar-refractivity contribution in [3.05, 3.63) is 0 Å². The van der Waals surface area contributed by atoms with Crippen molar-refractivity contribution in [1.82, 2.24) is 5.32 Å². The maximum absolute atomic E-state index is 11.8. The summed E-state index contributed by atoms with van der Waals surface area (Å²) < 4.78 is 6.23. The first-order chi connectivity index (χ1) is 9.77. The van der Waals surface area contributed by atoms with Gasteiger partial charge in [-0.05, 0) is 43.9 Å². The van der Waals surface area contributed by atoms with E-state index in [0.29, 0.717) is 18.4 Å². The molecule has 0 bridgehead atoms. The van der Waals surface area contributed by atoms with E-state index in [1.54, 1.807) is 7.05 Å². The largest absolute Gasteiger partial charge is 0.375 e. The Morgan fingerprint density at radius 2 is 1.55 bits per heavy atom. The molecule has 0 aromatic heterocycles. The van der Waals surface area contributed by atoms with Crippen molar-refractivity contribution >= 4 is 5.91 Å². The molecule has 0 aliphatic carbocycles. The molecule has 1 atom stereocenters. The van der Waals surface area contributed by atoms with Gasteiger partial charge in [-0.3, -0.25) is 4.79 Å².